The predicted molar refractivity (Wildman–Crippen MR) is 72.3 cm³/mol. The summed E-state index contributed by atoms with van der Waals surface area (Å²) in [6.07, 6.45) is 0.817. The molecular weight excluding hydrogens is 248 g/mol. The number of amides is 1. The van der Waals surface area contributed by atoms with Gasteiger partial charge in [-0.1, -0.05) is 6.92 Å². The Kier molecular flexibility index (Phi) is 5.44. The molecule has 0 aromatic heterocycles. The lowest BCUT2D eigenvalue weighted by Crippen LogP contribution is -2.19. The summed E-state index contributed by atoms with van der Waals surface area (Å²) in [5.74, 6) is -0.389. The van der Waals surface area contributed by atoms with E-state index in [0.29, 0.717) is 6.61 Å². The first kappa shape index (κ1) is 15.1. The van der Waals surface area contributed by atoms with Crippen molar-refractivity contribution in [2.24, 2.45) is 0 Å². The van der Waals surface area contributed by atoms with E-state index in [-0.39, 0.29) is 23.9 Å². The quantitative estimate of drug-likeness (QED) is 0.487. The van der Waals surface area contributed by atoms with Gasteiger partial charge in [-0.2, -0.15) is 0 Å². The fourth-order valence-corrected chi connectivity index (χ4v) is 1.55. The highest BCUT2D eigenvalue weighted by Crippen LogP contribution is 2.27. The largest absolute Gasteiger partial charge is 0.372 e. The van der Waals surface area contributed by atoms with Crippen LogP contribution in [0, 0.1) is 24.0 Å². The van der Waals surface area contributed by atoms with Gasteiger partial charge in [-0.15, -0.1) is 0 Å². The molecule has 6 heteroatoms. The number of nitrogens with zero attached hydrogens (tertiary/aromatic N) is 1. The SMILES string of the molecule is CCCOCC(=O)Nc1cc(C)c(C)cc1[N+](=O)[O-]. The first-order valence-electron chi connectivity index (χ1n) is 6.09. The number of anilines is 1. The fourth-order valence-electron chi connectivity index (χ4n) is 1.55. The van der Waals surface area contributed by atoms with Crippen molar-refractivity contribution in [3.8, 4) is 0 Å². The first-order valence-corrected chi connectivity index (χ1v) is 6.09. The Morgan fingerprint density at radius 3 is 2.58 bits per heavy atom. The number of nitro groups is 1. The van der Waals surface area contributed by atoms with Crippen LogP contribution in [-0.4, -0.2) is 24.0 Å². The molecule has 0 fully saturated rings. The van der Waals surface area contributed by atoms with Crippen LogP contribution in [0.4, 0.5) is 11.4 Å². The molecule has 0 aliphatic heterocycles. The number of nitrogens with one attached hydrogen (secondary N) is 1. The van der Waals surface area contributed by atoms with E-state index in [9.17, 15) is 14.9 Å². The van der Waals surface area contributed by atoms with E-state index in [0.717, 1.165) is 17.5 Å². The average molecular weight is 266 g/mol. The number of hydrogen-bond donors (Lipinski definition) is 1. The Balaban J connectivity index is 2.84. The van der Waals surface area contributed by atoms with E-state index in [1.807, 2.05) is 13.8 Å². The number of benzene rings is 1. The third kappa shape index (κ3) is 4.33. The third-order valence-electron chi connectivity index (χ3n) is 2.66. The second-order valence-electron chi connectivity index (χ2n) is 4.31. The third-order valence-corrected chi connectivity index (χ3v) is 2.66. The Labute approximate surface area is 111 Å². The van der Waals surface area contributed by atoms with Crippen molar-refractivity contribution in [2.75, 3.05) is 18.5 Å². The first-order chi connectivity index (χ1) is 8.95. The molecular formula is C13H18N2O4. The number of hydrogen-bond acceptors (Lipinski definition) is 4. The minimum absolute atomic E-state index is 0.0993. The molecule has 1 N–H and O–H groups in total. The highest BCUT2D eigenvalue weighted by Gasteiger charge is 2.17. The van der Waals surface area contributed by atoms with E-state index in [1.54, 1.807) is 13.0 Å². The molecule has 104 valence electrons. The lowest BCUT2D eigenvalue weighted by Gasteiger charge is -2.09. The Bertz CT molecular complexity index is 486. The second kappa shape index (κ2) is 6.84. The monoisotopic (exact) mass is 266 g/mol. The van der Waals surface area contributed by atoms with Gasteiger partial charge in [-0.3, -0.25) is 14.9 Å². The molecule has 1 aromatic carbocycles. The average Bonchev–Trinajstić information content (AvgIpc) is 2.33. The number of carbonyl (C=O) groups is 1. The molecule has 0 spiro atoms. The molecule has 1 aromatic rings. The number of ether oxygens (including phenoxy) is 1. The lowest BCUT2D eigenvalue weighted by atomic mass is 10.1. The fraction of sp³-hybridized carbons (Fsp3) is 0.462. The number of nitro benzene ring substituents is 1. The summed E-state index contributed by atoms with van der Waals surface area (Å²) in [6.45, 7) is 5.95. The van der Waals surface area contributed by atoms with Gasteiger partial charge in [0.2, 0.25) is 0 Å². The smallest absolute Gasteiger partial charge is 0.293 e. The van der Waals surface area contributed by atoms with E-state index >= 15 is 0 Å². The summed E-state index contributed by atoms with van der Waals surface area (Å²) in [7, 11) is 0. The van der Waals surface area contributed by atoms with Gasteiger partial charge in [-0.05, 0) is 37.5 Å². The lowest BCUT2D eigenvalue weighted by molar-refractivity contribution is -0.384. The summed E-state index contributed by atoms with van der Waals surface area (Å²) in [5.41, 5.74) is 1.80. The van der Waals surface area contributed by atoms with Gasteiger partial charge in [0, 0.05) is 12.7 Å². The predicted octanol–water partition coefficient (Wildman–Crippen LogP) is 2.58. The molecule has 0 aliphatic rings. The van der Waals surface area contributed by atoms with Crippen LogP contribution in [0.2, 0.25) is 0 Å². The van der Waals surface area contributed by atoms with Crippen LogP contribution in [0.25, 0.3) is 0 Å². The highest BCUT2D eigenvalue weighted by atomic mass is 16.6. The summed E-state index contributed by atoms with van der Waals surface area (Å²) in [6, 6.07) is 3.06. The van der Waals surface area contributed by atoms with Gasteiger partial charge < -0.3 is 10.1 Å². The maximum absolute atomic E-state index is 11.6. The molecule has 1 rings (SSSR count). The zero-order valence-electron chi connectivity index (χ0n) is 11.4. The molecule has 0 radical (unpaired) electrons. The van der Waals surface area contributed by atoms with Gasteiger partial charge in [0.1, 0.15) is 12.3 Å². The topological polar surface area (TPSA) is 81.5 Å². The molecule has 0 heterocycles. The van der Waals surface area contributed by atoms with Gasteiger partial charge >= 0.3 is 0 Å². The molecule has 6 nitrogen and oxygen atoms in total. The van der Waals surface area contributed by atoms with Gasteiger partial charge in [0.05, 0.1) is 4.92 Å². The van der Waals surface area contributed by atoms with Crippen LogP contribution in [0.1, 0.15) is 24.5 Å². The molecule has 19 heavy (non-hydrogen) atoms. The Hall–Kier alpha value is -1.95. The maximum atomic E-state index is 11.6. The van der Waals surface area contributed by atoms with E-state index < -0.39 is 4.92 Å². The van der Waals surface area contributed by atoms with Crippen LogP contribution in [0.3, 0.4) is 0 Å². The number of aryl methyl sites for hydroxylation is 2. The number of carbonyl (C=O) groups excluding carboxylic acids is 1. The minimum atomic E-state index is -0.505. The minimum Gasteiger partial charge on any atom is -0.372 e. The van der Waals surface area contributed by atoms with E-state index in [1.165, 1.54) is 6.07 Å². The molecule has 0 saturated carbocycles. The van der Waals surface area contributed by atoms with Crippen molar-refractivity contribution in [1.29, 1.82) is 0 Å². The van der Waals surface area contributed by atoms with Crippen molar-refractivity contribution in [1.82, 2.24) is 0 Å². The Morgan fingerprint density at radius 2 is 2.00 bits per heavy atom. The summed E-state index contributed by atoms with van der Waals surface area (Å²) in [5, 5.41) is 13.5. The van der Waals surface area contributed by atoms with Crippen LogP contribution in [-0.2, 0) is 9.53 Å². The highest BCUT2D eigenvalue weighted by molar-refractivity contribution is 5.94. The summed E-state index contributed by atoms with van der Waals surface area (Å²) < 4.78 is 5.09. The van der Waals surface area contributed by atoms with Crippen molar-refractivity contribution in [3.63, 3.8) is 0 Å². The molecule has 0 saturated heterocycles. The van der Waals surface area contributed by atoms with Gasteiger partial charge in [0.25, 0.3) is 11.6 Å². The van der Waals surface area contributed by atoms with Crippen molar-refractivity contribution in [2.45, 2.75) is 27.2 Å². The maximum Gasteiger partial charge on any atom is 0.293 e. The summed E-state index contributed by atoms with van der Waals surface area (Å²) in [4.78, 5) is 22.0. The van der Waals surface area contributed by atoms with Gasteiger partial charge in [0.15, 0.2) is 0 Å². The molecule has 0 aliphatic carbocycles. The van der Waals surface area contributed by atoms with Crippen LogP contribution in [0.5, 0.6) is 0 Å². The molecule has 0 bridgehead atoms. The second-order valence-corrected chi connectivity index (χ2v) is 4.31. The zero-order valence-corrected chi connectivity index (χ0v) is 11.4. The molecule has 0 unspecified atom stereocenters. The zero-order chi connectivity index (χ0) is 14.4. The van der Waals surface area contributed by atoms with Crippen molar-refractivity contribution < 1.29 is 14.5 Å². The van der Waals surface area contributed by atoms with E-state index in [4.69, 9.17) is 4.74 Å². The molecule has 1 amide bonds. The normalized spacial score (nSPS) is 10.3. The van der Waals surface area contributed by atoms with Crippen LogP contribution >= 0.6 is 0 Å². The molecule has 0 atom stereocenters. The van der Waals surface area contributed by atoms with Crippen LogP contribution in [0.15, 0.2) is 12.1 Å². The van der Waals surface area contributed by atoms with Crippen molar-refractivity contribution >= 4 is 17.3 Å². The van der Waals surface area contributed by atoms with Crippen LogP contribution < -0.4 is 5.32 Å². The van der Waals surface area contributed by atoms with E-state index in [2.05, 4.69) is 5.32 Å². The van der Waals surface area contributed by atoms with Gasteiger partial charge in [-0.25, -0.2) is 0 Å². The Morgan fingerprint density at radius 1 is 1.37 bits per heavy atom. The standard InChI is InChI=1S/C13H18N2O4/c1-4-5-19-8-13(16)14-11-6-9(2)10(3)7-12(11)15(17)18/h6-7H,4-5,8H2,1-3H3,(H,14,16). The summed E-state index contributed by atoms with van der Waals surface area (Å²) >= 11 is 0. The number of rotatable bonds is 6. The van der Waals surface area contributed by atoms with Crippen molar-refractivity contribution in [3.05, 3.63) is 33.4 Å².